The summed E-state index contributed by atoms with van der Waals surface area (Å²) in [4.78, 5) is 20.3. The Balaban J connectivity index is 2.10. The summed E-state index contributed by atoms with van der Waals surface area (Å²) in [5, 5.41) is 3.03. The highest BCUT2D eigenvalue weighted by atomic mass is 16.5. The number of aromatic nitrogens is 5. The van der Waals surface area contributed by atoms with Gasteiger partial charge in [0.1, 0.15) is 5.82 Å². The van der Waals surface area contributed by atoms with E-state index in [4.69, 9.17) is 9.47 Å². The molecule has 0 aliphatic carbocycles. The van der Waals surface area contributed by atoms with Crippen LogP contribution in [0.15, 0.2) is 12.3 Å². The average Bonchev–Trinajstić information content (AvgIpc) is 2.44. The molecule has 0 aromatic carbocycles. The summed E-state index contributed by atoms with van der Waals surface area (Å²) >= 11 is 0. The van der Waals surface area contributed by atoms with Crippen molar-refractivity contribution in [3.63, 3.8) is 0 Å². The van der Waals surface area contributed by atoms with Crippen LogP contribution in [0.5, 0.6) is 12.0 Å². The van der Waals surface area contributed by atoms with E-state index in [1.54, 1.807) is 6.20 Å². The fourth-order valence-electron chi connectivity index (χ4n) is 1.37. The molecule has 0 aliphatic heterocycles. The SMILES string of the molecule is COc1nc(NCc2ccnc(C)n2)nc(OC)n1. The molecular formula is C11H14N6O2. The van der Waals surface area contributed by atoms with Gasteiger partial charge in [-0.15, -0.1) is 4.98 Å². The molecule has 2 rings (SSSR count). The first-order chi connectivity index (χ1) is 9.21. The fraction of sp³-hybridized carbons (Fsp3) is 0.364. The van der Waals surface area contributed by atoms with Crippen molar-refractivity contribution in [1.29, 1.82) is 0 Å². The molecule has 2 aromatic heterocycles. The standard InChI is InChI=1S/C11H14N6O2/c1-7-12-5-4-8(14-7)6-13-9-15-10(18-2)17-11(16-9)19-3/h4-5H,6H2,1-3H3,(H,13,15,16,17). The fourth-order valence-corrected chi connectivity index (χ4v) is 1.37. The van der Waals surface area contributed by atoms with Gasteiger partial charge in [0.15, 0.2) is 0 Å². The molecule has 100 valence electrons. The van der Waals surface area contributed by atoms with E-state index in [1.807, 2.05) is 13.0 Å². The van der Waals surface area contributed by atoms with Gasteiger partial charge in [0.2, 0.25) is 5.95 Å². The van der Waals surface area contributed by atoms with Gasteiger partial charge in [-0.3, -0.25) is 0 Å². The third kappa shape index (κ3) is 3.47. The molecule has 0 atom stereocenters. The molecular weight excluding hydrogens is 248 g/mol. The van der Waals surface area contributed by atoms with Gasteiger partial charge in [-0.1, -0.05) is 0 Å². The van der Waals surface area contributed by atoms with E-state index < -0.39 is 0 Å². The zero-order valence-electron chi connectivity index (χ0n) is 10.9. The lowest BCUT2D eigenvalue weighted by molar-refractivity contribution is 0.341. The van der Waals surface area contributed by atoms with Crippen LogP contribution in [0.25, 0.3) is 0 Å². The van der Waals surface area contributed by atoms with Gasteiger partial charge in [0.25, 0.3) is 0 Å². The van der Waals surface area contributed by atoms with E-state index in [0.29, 0.717) is 18.3 Å². The van der Waals surface area contributed by atoms with Crippen LogP contribution in [-0.4, -0.2) is 39.1 Å². The van der Waals surface area contributed by atoms with E-state index in [9.17, 15) is 0 Å². The third-order valence-corrected chi connectivity index (χ3v) is 2.22. The second kappa shape index (κ2) is 5.89. The first-order valence-electron chi connectivity index (χ1n) is 5.57. The molecule has 2 heterocycles. The maximum Gasteiger partial charge on any atom is 0.324 e. The molecule has 8 heteroatoms. The minimum Gasteiger partial charge on any atom is -0.467 e. The molecule has 0 amide bonds. The van der Waals surface area contributed by atoms with E-state index >= 15 is 0 Å². The molecule has 1 N–H and O–H groups in total. The molecule has 0 aliphatic rings. The summed E-state index contributed by atoms with van der Waals surface area (Å²) in [5.41, 5.74) is 0.839. The van der Waals surface area contributed by atoms with Gasteiger partial charge in [-0.2, -0.15) is 9.97 Å². The van der Waals surface area contributed by atoms with Crippen molar-refractivity contribution in [2.45, 2.75) is 13.5 Å². The Bertz CT molecular complexity index is 540. The highest BCUT2D eigenvalue weighted by molar-refractivity contribution is 5.28. The van der Waals surface area contributed by atoms with Crippen molar-refractivity contribution >= 4 is 5.95 Å². The number of anilines is 1. The molecule has 0 fully saturated rings. The van der Waals surface area contributed by atoms with Crippen LogP contribution >= 0.6 is 0 Å². The van der Waals surface area contributed by atoms with Gasteiger partial charge in [-0.25, -0.2) is 9.97 Å². The Kier molecular flexibility index (Phi) is 4.01. The van der Waals surface area contributed by atoms with Crippen molar-refractivity contribution in [1.82, 2.24) is 24.9 Å². The Morgan fingerprint density at radius 1 is 1.05 bits per heavy atom. The lowest BCUT2D eigenvalue weighted by atomic mass is 10.4. The predicted molar refractivity (Wildman–Crippen MR) is 67.0 cm³/mol. The van der Waals surface area contributed by atoms with Crippen LogP contribution in [0, 0.1) is 6.92 Å². The quantitative estimate of drug-likeness (QED) is 0.837. The number of aryl methyl sites for hydroxylation is 1. The molecule has 2 aromatic rings. The Morgan fingerprint density at radius 3 is 2.32 bits per heavy atom. The highest BCUT2D eigenvalue weighted by Gasteiger charge is 2.07. The summed E-state index contributed by atoms with van der Waals surface area (Å²) in [5.74, 6) is 1.07. The van der Waals surface area contributed by atoms with Gasteiger partial charge in [0, 0.05) is 6.20 Å². The summed E-state index contributed by atoms with van der Waals surface area (Å²) in [6, 6.07) is 2.19. The van der Waals surface area contributed by atoms with Crippen molar-refractivity contribution in [2.75, 3.05) is 19.5 Å². The molecule has 8 nitrogen and oxygen atoms in total. The van der Waals surface area contributed by atoms with Crippen LogP contribution in [-0.2, 0) is 6.54 Å². The Labute approximate surface area is 110 Å². The number of nitrogens with one attached hydrogen (secondary N) is 1. The minimum atomic E-state index is 0.188. The highest BCUT2D eigenvalue weighted by Crippen LogP contribution is 2.12. The second-order valence-electron chi connectivity index (χ2n) is 3.58. The first-order valence-corrected chi connectivity index (χ1v) is 5.57. The monoisotopic (exact) mass is 262 g/mol. The summed E-state index contributed by atoms with van der Waals surface area (Å²) in [6.07, 6.45) is 1.70. The smallest absolute Gasteiger partial charge is 0.324 e. The lowest BCUT2D eigenvalue weighted by Gasteiger charge is -2.07. The van der Waals surface area contributed by atoms with Crippen LogP contribution in [0.2, 0.25) is 0 Å². The third-order valence-electron chi connectivity index (χ3n) is 2.22. The number of hydrogen-bond acceptors (Lipinski definition) is 8. The number of methoxy groups -OCH3 is 2. The molecule has 0 saturated heterocycles. The van der Waals surface area contributed by atoms with E-state index in [2.05, 4.69) is 30.2 Å². The molecule has 0 radical (unpaired) electrons. The summed E-state index contributed by atoms with van der Waals surface area (Å²) in [6.45, 7) is 2.30. The summed E-state index contributed by atoms with van der Waals surface area (Å²) in [7, 11) is 2.96. The van der Waals surface area contributed by atoms with Crippen molar-refractivity contribution in [3.05, 3.63) is 23.8 Å². The van der Waals surface area contributed by atoms with Crippen molar-refractivity contribution in [3.8, 4) is 12.0 Å². The van der Waals surface area contributed by atoms with E-state index in [-0.39, 0.29) is 12.0 Å². The molecule has 0 unspecified atom stereocenters. The minimum absolute atomic E-state index is 0.188. The van der Waals surface area contributed by atoms with Crippen molar-refractivity contribution in [2.24, 2.45) is 0 Å². The second-order valence-corrected chi connectivity index (χ2v) is 3.58. The van der Waals surface area contributed by atoms with Gasteiger partial charge >= 0.3 is 12.0 Å². The summed E-state index contributed by atoms with van der Waals surface area (Å²) < 4.78 is 9.92. The Morgan fingerprint density at radius 2 is 1.74 bits per heavy atom. The molecule has 0 spiro atoms. The zero-order valence-corrected chi connectivity index (χ0v) is 10.9. The number of ether oxygens (including phenoxy) is 2. The van der Waals surface area contributed by atoms with Crippen LogP contribution < -0.4 is 14.8 Å². The Hall–Kier alpha value is -2.51. The molecule has 0 bridgehead atoms. The predicted octanol–water partition coefficient (Wildman–Crippen LogP) is 0.599. The normalized spacial score (nSPS) is 10.1. The van der Waals surface area contributed by atoms with Gasteiger partial charge in [-0.05, 0) is 13.0 Å². The maximum absolute atomic E-state index is 4.96. The largest absolute Gasteiger partial charge is 0.467 e. The van der Waals surface area contributed by atoms with Crippen LogP contribution in [0.1, 0.15) is 11.5 Å². The number of nitrogens with zero attached hydrogens (tertiary/aromatic N) is 5. The van der Waals surface area contributed by atoms with Crippen LogP contribution in [0.4, 0.5) is 5.95 Å². The maximum atomic E-state index is 4.96. The van der Waals surface area contributed by atoms with Crippen LogP contribution in [0.3, 0.4) is 0 Å². The average molecular weight is 262 g/mol. The van der Waals surface area contributed by atoms with E-state index in [1.165, 1.54) is 14.2 Å². The number of hydrogen-bond donors (Lipinski definition) is 1. The van der Waals surface area contributed by atoms with E-state index in [0.717, 1.165) is 5.69 Å². The molecule has 19 heavy (non-hydrogen) atoms. The zero-order chi connectivity index (χ0) is 13.7. The lowest BCUT2D eigenvalue weighted by Crippen LogP contribution is -2.08. The molecule has 0 saturated carbocycles. The number of rotatable bonds is 5. The van der Waals surface area contributed by atoms with Gasteiger partial charge < -0.3 is 14.8 Å². The van der Waals surface area contributed by atoms with Gasteiger partial charge in [0.05, 0.1) is 26.5 Å². The first kappa shape index (κ1) is 12.9. The van der Waals surface area contributed by atoms with Crippen molar-refractivity contribution < 1.29 is 9.47 Å². The topological polar surface area (TPSA) is 94.9 Å².